The first-order valence-corrected chi connectivity index (χ1v) is 9.02. The van der Waals surface area contributed by atoms with Crippen LogP contribution in [0.3, 0.4) is 0 Å². The summed E-state index contributed by atoms with van der Waals surface area (Å²) in [6, 6.07) is 15.8. The van der Waals surface area contributed by atoms with Crippen molar-refractivity contribution >= 4 is 23.9 Å². The fourth-order valence-corrected chi connectivity index (χ4v) is 2.22. The van der Waals surface area contributed by atoms with Gasteiger partial charge in [-0.15, -0.1) is 0 Å². The Morgan fingerprint density at radius 2 is 1.83 bits per heavy atom. The van der Waals surface area contributed by atoms with Gasteiger partial charge in [0.25, 0.3) is 5.69 Å². The Hall–Kier alpha value is -3.52. The number of allylic oxidation sites excluding steroid dienone is 1. The lowest BCUT2D eigenvalue weighted by molar-refractivity contribution is -0.383. The van der Waals surface area contributed by atoms with Crippen LogP contribution in [0.15, 0.2) is 71.6 Å². The monoisotopic (exact) mass is 398 g/mol. The fraction of sp³-hybridized carbons (Fsp3) is 0.238. The van der Waals surface area contributed by atoms with Crippen LogP contribution in [-0.2, 0) is 16.1 Å². The van der Waals surface area contributed by atoms with Gasteiger partial charge in [-0.3, -0.25) is 14.9 Å². The fourth-order valence-electron chi connectivity index (χ4n) is 2.22. The average molecular weight is 398 g/mol. The van der Waals surface area contributed by atoms with Gasteiger partial charge < -0.3 is 10.1 Å². The first-order chi connectivity index (χ1) is 14.1. The highest BCUT2D eigenvalue weighted by Crippen LogP contribution is 2.26. The van der Waals surface area contributed by atoms with Crippen molar-refractivity contribution in [3.8, 4) is 0 Å². The summed E-state index contributed by atoms with van der Waals surface area (Å²) >= 11 is 0. The predicted molar refractivity (Wildman–Crippen MR) is 115 cm³/mol. The van der Waals surface area contributed by atoms with Gasteiger partial charge in [-0.2, -0.15) is 5.10 Å². The third-order valence-corrected chi connectivity index (χ3v) is 3.59. The van der Waals surface area contributed by atoms with Gasteiger partial charge in [0.15, 0.2) is 0 Å². The predicted octanol–water partition coefficient (Wildman–Crippen LogP) is 4.21. The quantitative estimate of drug-likeness (QED) is 0.223. The van der Waals surface area contributed by atoms with Crippen LogP contribution in [0.4, 0.5) is 11.4 Å². The molecule has 0 spiro atoms. The maximum atomic E-state index is 11.2. The van der Waals surface area contributed by atoms with Crippen molar-refractivity contribution in [2.75, 3.05) is 19.0 Å². The number of benzene rings is 2. The minimum absolute atomic E-state index is 0.0839. The summed E-state index contributed by atoms with van der Waals surface area (Å²) in [5.41, 5.74) is 1.18. The first kappa shape index (κ1) is 23.5. The molecule has 0 atom stereocenters. The van der Waals surface area contributed by atoms with Crippen molar-refractivity contribution < 1.29 is 14.5 Å². The number of hydrogen-bond acceptors (Lipinski definition) is 7. The Labute approximate surface area is 170 Å². The minimum Gasteiger partial charge on any atom is -0.385 e. The molecule has 0 saturated heterocycles. The number of nitrogens with one attached hydrogen (secondary N) is 1. The zero-order valence-electron chi connectivity index (χ0n) is 16.8. The molecule has 0 fully saturated rings. The number of nitrogens with zero attached hydrogens (tertiary/aromatic N) is 3. The number of carbonyl (C=O) groups excluding carboxylic acids is 1. The summed E-state index contributed by atoms with van der Waals surface area (Å²) in [5.74, 6) is 0.339. The summed E-state index contributed by atoms with van der Waals surface area (Å²) in [6.45, 7) is 4.93. The van der Waals surface area contributed by atoms with Gasteiger partial charge >= 0.3 is 0 Å². The molecule has 2 aromatic carbocycles. The molecule has 0 aliphatic carbocycles. The SMILES string of the molecule is C/C=N\N(Cc1ccccc1)/C(=C/C=O)Nc1ccccc1[N+](=O)[O-].CCOC. The number of ether oxygens (including phenoxy) is 1. The van der Waals surface area contributed by atoms with Gasteiger partial charge in [-0.05, 0) is 25.5 Å². The molecule has 0 radical (unpaired) electrons. The van der Waals surface area contributed by atoms with Crippen molar-refractivity contribution in [1.82, 2.24) is 5.01 Å². The standard InChI is InChI=1S/C18H18N4O3.C3H8O/c1-2-19-21(14-15-8-4-3-5-9-15)18(12-13-23)20-16-10-6-7-11-17(16)22(24)25;1-3-4-2/h2-13,20H,14H2,1H3;3H2,1-2H3/b18-12+,19-2-;. The Morgan fingerprint density at radius 1 is 1.21 bits per heavy atom. The van der Waals surface area contributed by atoms with Crippen LogP contribution in [0, 0.1) is 10.1 Å². The van der Waals surface area contributed by atoms with E-state index in [9.17, 15) is 14.9 Å². The molecule has 154 valence electrons. The number of methoxy groups -OCH3 is 1. The number of rotatable bonds is 9. The Bertz CT molecular complexity index is 820. The van der Waals surface area contributed by atoms with Gasteiger partial charge in [0.05, 0.1) is 11.5 Å². The van der Waals surface area contributed by atoms with Crippen molar-refractivity contribution in [1.29, 1.82) is 0 Å². The van der Waals surface area contributed by atoms with Crippen LogP contribution in [-0.4, -0.2) is 36.1 Å². The molecule has 8 nitrogen and oxygen atoms in total. The van der Waals surface area contributed by atoms with Crippen molar-refractivity contribution in [2.24, 2.45) is 5.10 Å². The van der Waals surface area contributed by atoms with Crippen LogP contribution >= 0.6 is 0 Å². The number of para-hydroxylation sites is 2. The molecule has 0 aliphatic rings. The second-order valence-electron chi connectivity index (χ2n) is 5.58. The molecular weight excluding hydrogens is 372 g/mol. The van der Waals surface area contributed by atoms with E-state index in [1.165, 1.54) is 12.1 Å². The topological polar surface area (TPSA) is 97.1 Å². The van der Waals surface area contributed by atoms with E-state index in [1.54, 1.807) is 43.5 Å². The van der Waals surface area contributed by atoms with Crippen LogP contribution in [0.25, 0.3) is 0 Å². The largest absolute Gasteiger partial charge is 0.385 e. The molecule has 2 aromatic rings. The number of carbonyl (C=O) groups is 1. The lowest BCUT2D eigenvalue weighted by atomic mass is 10.2. The minimum atomic E-state index is -0.481. The molecule has 0 aromatic heterocycles. The molecular formula is C21H26N4O4. The van der Waals surface area contributed by atoms with Crippen molar-refractivity contribution in [2.45, 2.75) is 20.4 Å². The Kier molecular flexibility index (Phi) is 11.0. The molecule has 2 rings (SSSR count). The summed E-state index contributed by atoms with van der Waals surface area (Å²) in [7, 11) is 1.68. The van der Waals surface area contributed by atoms with E-state index >= 15 is 0 Å². The highest BCUT2D eigenvalue weighted by Gasteiger charge is 2.16. The van der Waals surface area contributed by atoms with Crippen LogP contribution in [0.5, 0.6) is 0 Å². The zero-order chi connectivity index (χ0) is 21.5. The van der Waals surface area contributed by atoms with Gasteiger partial charge in [-0.1, -0.05) is 42.5 Å². The maximum absolute atomic E-state index is 11.2. The lowest BCUT2D eigenvalue weighted by Gasteiger charge is -2.23. The number of nitro groups is 1. The third-order valence-electron chi connectivity index (χ3n) is 3.59. The molecule has 29 heavy (non-hydrogen) atoms. The van der Waals surface area contributed by atoms with Gasteiger partial charge in [0.1, 0.15) is 17.8 Å². The number of aldehydes is 1. The Balaban J connectivity index is 0.000000960. The molecule has 1 N–H and O–H groups in total. The molecule has 0 bridgehead atoms. The summed E-state index contributed by atoms with van der Waals surface area (Å²) in [4.78, 5) is 21.8. The molecule has 0 unspecified atom stereocenters. The van der Waals surface area contributed by atoms with E-state index in [4.69, 9.17) is 0 Å². The molecule has 0 aliphatic heterocycles. The number of hydrazone groups is 1. The maximum Gasteiger partial charge on any atom is 0.292 e. The van der Waals surface area contributed by atoms with E-state index in [-0.39, 0.29) is 11.4 Å². The summed E-state index contributed by atoms with van der Waals surface area (Å²) in [5, 5.41) is 19.9. The summed E-state index contributed by atoms with van der Waals surface area (Å²) < 4.78 is 4.54. The van der Waals surface area contributed by atoms with E-state index in [1.807, 2.05) is 37.3 Å². The first-order valence-electron chi connectivity index (χ1n) is 9.02. The van der Waals surface area contributed by atoms with Gasteiger partial charge in [-0.25, -0.2) is 5.01 Å². The third kappa shape index (κ3) is 8.35. The summed E-state index contributed by atoms with van der Waals surface area (Å²) in [6.07, 6.45) is 3.48. The van der Waals surface area contributed by atoms with E-state index in [0.717, 1.165) is 12.2 Å². The number of nitro benzene ring substituents is 1. The van der Waals surface area contributed by atoms with E-state index in [0.29, 0.717) is 18.7 Å². The molecule has 0 heterocycles. The van der Waals surface area contributed by atoms with Crippen molar-refractivity contribution in [3.05, 3.63) is 82.2 Å². The number of anilines is 1. The second kappa shape index (κ2) is 13.6. The second-order valence-corrected chi connectivity index (χ2v) is 5.58. The van der Waals surface area contributed by atoms with Gasteiger partial charge in [0.2, 0.25) is 0 Å². The average Bonchev–Trinajstić information content (AvgIpc) is 2.74. The van der Waals surface area contributed by atoms with Crippen molar-refractivity contribution in [3.63, 3.8) is 0 Å². The number of hydrogen-bond donors (Lipinski definition) is 1. The van der Waals surface area contributed by atoms with Crippen LogP contribution < -0.4 is 5.32 Å². The van der Waals surface area contributed by atoms with Crippen LogP contribution in [0.2, 0.25) is 0 Å². The molecule has 0 saturated carbocycles. The van der Waals surface area contributed by atoms with Gasteiger partial charge in [0, 0.05) is 32.1 Å². The van der Waals surface area contributed by atoms with E-state index in [2.05, 4.69) is 15.2 Å². The highest BCUT2D eigenvalue weighted by atomic mass is 16.6. The van der Waals surface area contributed by atoms with E-state index < -0.39 is 4.92 Å². The molecule has 0 amide bonds. The Morgan fingerprint density at radius 3 is 2.38 bits per heavy atom. The van der Waals surface area contributed by atoms with Crippen LogP contribution in [0.1, 0.15) is 19.4 Å². The smallest absolute Gasteiger partial charge is 0.292 e. The zero-order valence-corrected chi connectivity index (χ0v) is 16.8. The lowest BCUT2D eigenvalue weighted by Crippen LogP contribution is -2.22. The molecule has 8 heteroatoms. The highest BCUT2D eigenvalue weighted by molar-refractivity contribution is 5.70. The normalized spacial score (nSPS) is 10.8.